The fraction of sp³-hybridized carbons (Fsp3) is 0.391. The van der Waals surface area contributed by atoms with Crippen molar-refractivity contribution in [2.45, 2.75) is 45.1 Å². The summed E-state index contributed by atoms with van der Waals surface area (Å²) in [5, 5.41) is 3.07. The Morgan fingerprint density at radius 3 is 2.66 bits per heavy atom. The van der Waals surface area contributed by atoms with Gasteiger partial charge in [0.15, 0.2) is 0 Å². The van der Waals surface area contributed by atoms with E-state index in [9.17, 15) is 9.18 Å². The molecule has 0 saturated heterocycles. The van der Waals surface area contributed by atoms with Crippen LogP contribution in [0.4, 0.5) is 4.39 Å². The summed E-state index contributed by atoms with van der Waals surface area (Å²) in [5.41, 5.74) is 1.50. The molecule has 1 heterocycles. The number of carbonyl (C=O) groups is 1. The Bertz CT molecular complexity index is 944. The average molecular weight is 395 g/mol. The minimum atomic E-state index is -0.427. The Morgan fingerprint density at radius 2 is 1.93 bits per heavy atom. The Hall–Kier alpha value is -2.89. The normalized spacial score (nSPS) is 16.6. The van der Waals surface area contributed by atoms with Crippen LogP contribution in [0.5, 0.6) is 5.75 Å². The number of nitrogens with zero attached hydrogens (tertiary/aromatic N) is 1. The van der Waals surface area contributed by atoms with Crippen LogP contribution in [0.2, 0.25) is 0 Å². The molecule has 0 bridgehead atoms. The molecule has 1 amide bonds. The van der Waals surface area contributed by atoms with E-state index in [1.165, 1.54) is 12.1 Å². The van der Waals surface area contributed by atoms with Gasteiger partial charge in [-0.3, -0.25) is 4.79 Å². The van der Waals surface area contributed by atoms with Crippen molar-refractivity contribution in [2.75, 3.05) is 6.54 Å². The van der Waals surface area contributed by atoms with E-state index in [-0.39, 0.29) is 17.8 Å². The number of aromatic nitrogens is 2. The molecule has 5 nitrogen and oxygen atoms in total. The maximum absolute atomic E-state index is 13.1. The second kappa shape index (κ2) is 8.23. The van der Waals surface area contributed by atoms with Crippen LogP contribution >= 0.6 is 0 Å². The number of amides is 1. The zero-order chi connectivity index (χ0) is 20.3. The van der Waals surface area contributed by atoms with Gasteiger partial charge in [0.1, 0.15) is 23.5 Å². The van der Waals surface area contributed by atoms with Gasteiger partial charge < -0.3 is 15.0 Å². The van der Waals surface area contributed by atoms with Gasteiger partial charge in [-0.05, 0) is 56.2 Å². The number of hydrogen-bond acceptors (Lipinski definition) is 3. The summed E-state index contributed by atoms with van der Waals surface area (Å²) in [5.74, 6) is 1.21. The molecule has 1 aliphatic rings. The fourth-order valence-electron chi connectivity index (χ4n) is 4.16. The van der Waals surface area contributed by atoms with Crippen LogP contribution in [0.3, 0.4) is 0 Å². The molecule has 3 aromatic rings. The van der Waals surface area contributed by atoms with Gasteiger partial charge in [-0.2, -0.15) is 0 Å². The number of benzene rings is 2. The molecule has 1 aliphatic carbocycles. The predicted molar refractivity (Wildman–Crippen MR) is 110 cm³/mol. The van der Waals surface area contributed by atoms with Crippen molar-refractivity contribution in [1.29, 1.82) is 0 Å². The van der Waals surface area contributed by atoms with E-state index >= 15 is 0 Å². The number of H-pyrrole nitrogens is 1. The van der Waals surface area contributed by atoms with Crippen molar-refractivity contribution in [3.05, 3.63) is 60.2 Å². The lowest BCUT2D eigenvalue weighted by Gasteiger charge is -2.27. The van der Waals surface area contributed by atoms with Crippen LogP contribution < -0.4 is 10.1 Å². The number of hydrogen-bond donors (Lipinski definition) is 2. The second-order valence-corrected chi connectivity index (χ2v) is 7.96. The Labute approximate surface area is 169 Å². The summed E-state index contributed by atoms with van der Waals surface area (Å²) in [6, 6.07) is 13.8. The number of halogens is 1. The van der Waals surface area contributed by atoms with Crippen LogP contribution in [-0.4, -0.2) is 28.5 Å². The van der Waals surface area contributed by atoms with Gasteiger partial charge in [0.25, 0.3) is 0 Å². The first kappa shape index (κ1) is 19.4. The molecule has 0 unspecified atom stereocenters. The second-order valence-electron chi connectivity index (χ2n) is 7.96. The van der Waals surface area contributed by atoms with Crippen LogP contribution in [0.15, 0.2) is 48.5 Å². The topological polar surface area (TPSA) is 67.0 Å². The number of imidazole rings is 1. The van der Waals surface area contributed by atoms with Gasteiger partial charge in [0.05, 0.1) is 23.0 Å². The lowest BCUT2D eigenvalue weighted by molar-refractivity contribution is -0.131. The van der Waals surface area contributed by atoms with Crippen LogP contribution in [0, 0.1) is 11.2 Å². The number of rotatable bonds is 7. The van der Waals surface area contributed by atoms with E-state index in [4.69, 9.17) is 4.74 Å². The van der Waals surface area contributed by atoms with Crippen molar-refractivity contribution in [3.8, 4) is 5.75 Å². The highest BCUT2D eigenvalue weighted by atomic mass is 19.1. The van der Waals surface area contributed by atoms with E-state index in [1.807, 2.05) is 31.2 Å². The number of carbonyl (C=O) groups excluding carboxylic acids is 1. The van der Waals surface area contributed by atoms with Crippen molar-refractivity contribution < 1.29 is 13.9 Å². The van der Waals surface area contributed by atoms with Gasteiger partial charge in [-0.1, -0.05) is 25.0 Å². The maximum atomic E-state index is 13.1. The molecule has 1 atom stereocenters. The summed E-state index contributed by atoms with van der Waals surface area (Å²) >= 11 is 0. The zero-order valence-corrected chi connectivity index (χ0v) is 16.6. The average Bonchev–Trinajstić information content (AvgIpc) is 3.35. The highest BCUT2D eigenvalue weighted by molar-refractivity contribution is 5.83. The molecule has 1 fully saturated rings. The number of para-hydroxylation sites is 2. The maximum Gasteiger partial charge on any atom is 0.226 e. The largest absolute Gasteiger partial charge is 0.489 e. The third-order valence-electron chi connectivity index (χ3n) is 5.69. The Kier molecular flexibility index (Phi) is 5.51. The monoisotopic (exact) mass is 395 g/mol. The van der Waals surface area contributed by atoms with E-state index in [1.54, 1.807) is 12.1 Å². The molecule has 1 saturated carbocycles. The molecular formula is C23H26FN3O2. The number of ether oxygens (including phenoxy) is 1. The van der Waals surface area contributed by atoms with E-state index in [0.717, 1.165) is 42.5 Å². The van der Waals surface area contributed by atoms with Crippen molar-refractivity contribution in [2.24, 2.45) is 5.41 Å². The Balaban J connectivity index is 1.39. The molecule has 0 spiro atoms. The summed E-state index contributed by atoms with van der Waals surface area (Å²) in [6.45, 7) is 2.29. The Morgan fingerprint density at radius 1 is 1.21 bits per heavy atom. The van der Waals surface area contributed by atoms with E-state index in [0.29, 0.717) is 18.7 Å². The van der Waals surface area contributed by atoms with E-state index < -0.39 is 5.41 Å². The first-order chi connectivity index (χ1) is 14.0. The van der Waals surface area contributed by atoms with Gasteiger partial charge in [0, 0.05) is 6.42 Å². The molecule has 152 valence electrons. The summed E-state index contributed by atoms with van der Waals surface area (Å²) in [7, 11) is 0. The summed E-state index contributed by atoms with van der Waals surface area (Å²) in [6.07, 6.45) is 4.23. The quantitative estimate of drug-likeness (QED) is 0.624. The van der Waals surface area contributed by atoms with Gasteiger partial charge in [-0.25, -0.2) is 9.37 Å². The van der Waals surface area contributed by atoms with E-state index in [2.05, 4.69) is 15.3 Å². The number of fused-ring (bicyclic) bond motifs is 1. The van der Waals surface area contributed by atoms with Crippen molar-refractivity contribution in [3.63, 3.8) is 0 Å². The molecule has 1 aromatic heterocycles. The molecular weight excluding hydrogens is 369 g/mol. The SMILES string of the molecule is C[C@H](CNC(=O)C1(Cc2nc3ccccc3[nH]2)CCCC1)Oc1ccc(F)cc1. The summed E-state index contributed by atoms with van der Waals surface area (Å²) < 4.78 is 18.8. The van der Waals surface area contributed by atoms with Crippen LogP contribution in [-0.2, 0) is 11.2 Å². The fourth-order valence-corrected chi connectivity index (χ4v) is 4.16. The first-order valence-electron chi connectivity index (χ1n) is 10.2. The predicted octanol–water partition coefficient (Wildman–Crippen LogP) is 4.39. The van der Waals surface area contributed by atoms with Gasteiger partial charge >= 0.3 is 0 Å². The molecule has 4 rings (SSSR count). The molecule has 29 heavy (non-hydrogen) atoms. The minimum absolute atomic E-state index is 0.0602. The molecule has 0 aliphatic heterocycles. The molecule has 0 radical (unpaired) electrons. The number of aromatic amines is 1. The van der Waals surface area contributed by atoms with Gasteiger partial charge in [0.2, 0.25) is 5.91 Å². The number of nitrogens with one attached hydrogen (secondary N) is 2. The smallest absolute Gasteiger partial charge is 0.226 e. The standard InChI is InChI=1S/C23H26FN3O2/c1-16(29-18-10-8-17(24)9-11-18)15-25-22(28)23(12-4-5-13-23)14-21-26-19-6-2-3-7-20(19)27-21/h2-3,6-11,16H,4-5,12-15H2,1H3,(H,25,28)(H,26,27)/t16-/m1/s1. The highest BCUT2D eigenvalue weighted by Crippen LogP contribution is 2.41. The highest BCUT2D eigenvalue weighted by Gasteiger charge is 2.41. The lowest BCUT2D eigenvalue weighted by atomic mass is 9.81. The van der Waals surface area contributed by atoms with Crippen LogP contribution in [0.1, 0.15) is 38.4 Å². The first-order valence-corrected chi connectivity index (χ1v) is 10.2. The molecule has 6 heteroatoms. The molecule has 2 N–H and O–H groups in total. The third-order valence-corrected chi connectivity index (χ3v) is 5.69. The van der Waals surface area contributed by atoms with Crippen molar-refractivity contribution >= 4 is 16.9 Å². The van der Waals surface area contributed by atoms with Crippen molar-refractivity contribution in [1.82, 2.24) is 15.3 Å². The minimum Gasteiger partial charge on any atom is -0.489 e. The molecule has 2 aromatic carbocycles. The lowest BCUT2D eigenvalue weighted by Crippen LogP contribution is -2.44. The third kappa shape index (κ3) is 4.42. The van der Waals surface area contributed by atoms with Gasteiger partial charge in [-0.15, -0.1) is 0 Å². The summed E-state index contributed by atoms with van der Waals surface area (Å²) in [4.78, 5) is 21.2. The zero-order valence-electron chi connectivity index (χ0n) is 16.6. The van der Waals surface area contributed by atoms with Crippen LogP contribution in [0.25, 0.3) is 11.0 Å².